The number of carbonyl (C=O) groups excluding carboxylic acids is 1. The van der Waals surface area contributed by atoms with Crippen molar-refractivity contribution in [1.29, 1.82) is 0 Å². The largest absolute Gasteiger partial charge is 0.397 e. The normalized spacial score (nSPS) is 21.4. The zero-order valence-corrected chi connectivity index (χ0v) is 13.6. The molecule has 0 saturated carbocycles. The molecule has 2 aliphatic rings. The van der Waals surface area contributed by atoms with Crippen LogP contribution in [-0.2, 0) is 11.2 Å². The first-order valence-electron chi connectivity index (χ1n) is 7.56. The van der Waals surface area contributed by atoms with Crippen LogP contribution in [0.3, 0.4) is 0 Å². The molecule has 2 heterocycles. The quantitative estimate of drug-likeness (QED) is 0.783. The zero-order valence-electron chi connectivity index (χ0n) is 12.7. The van der Waals surface area contributed by atoms with Crippen molar-refractivity contribution in [3.63, 3.8) is 0 Å². The molecule has 1 saturated heterocycles. The Morgan fingerprint density at radius 3 is 2.90 bits per heavy atom. The van der Waals surface area contributed by atoms with Crippen molar-refractivity contribution >= 4 is 34.7 Å². The summed E-state index contributed by atoms with van der Waals surface area (Å²) in [4.78, 5) is 13.9. The minimum atomic E-state index is 0.103. The van der Waals surface area contributed by atoms with E-state index >= 15 is 0 Å². The van der Waals surface area contributed by atoms with Gasteiger partial charge in [-0.25, -0.2) is 0 Å². The number of hydrogen-bond acceptors (Lipinski definition) is 4. The molecule has 0 spiro atoms. The van der Waals surface area contributed by atoms with Crippen LogP contribution in [0.25, 0.3) is 0 Å². The Bertz CT molecular complexity index is 571. The highest BCUT2D eigenvalue weighted by molar-refractivity contribution is 8.00. The highest BCUT2D eigenvalue weighted by Gasteiger charge is 2.25. The molecule has 0 aliphatic carbocycles. The fourth-order valence-corrected chi connectivity index (χ4v) is 4.07. The van der Waals surface area contributed by atoms with E-state index in [-0.39, 0.29) is 5.91 Å². The second kappa shape index (κ2) is 5.44. The number of rotatable bonds is 1. The van der Waals surface area contributed by atoms with E-state index < -0.39 is 0 Å². The molecule has 3 rings (SSSR count). The van der Waals surface area contributed by atoms with Gasteiger partial charge in [-0.1, -0.05) is 13.8 Å². The molecule has 1 amide bonds. The number of thioether (sulfide) groups is 1. The number of amides is 1. The van der Waals surface area contributed by atoms with Crippen molar-refractivity contribution in [2.75, 3.05) is 34.8 Å². The van der Waals surface area contributed by atoms with E-state index in [0.717, 1.165) is 54.3 Å². The zero-order chi connectivity index (χ0) is 15.0. The molecule has 21 heavy (non-hydrogen) atoms. The fraction of sp³-hybridized carbons (Fsp3) is 0.562. The molecule has 1 aromatic rings. The van der Waals surface area contributed by atoms with Gasteiger partial charge < -0.3 is 16.0 Å². The van der Waals surface area contributed by atoms with Crippen molar-refractivity contribution in [2.24, 2.45) is 0 Å². The molecule has 0 bridgehead atoms. The van der Waals surface area contributed by atoms with E-state index in [4.69, 9.17) is 5.73 Å². The number of carbonyl (C=O) groups is 1. The maximum atomic E-state index is 11.6. The minimum absolute atomic E-state index is 0.103. The summed E-state index contributed by atoms with van der Waals surface area (Å²) in [5.74, 6) is 1.21. The van der Waals surface area contributed by atoms with Gasteiger partial charge in [0.15, 0.2) is 0 Å². The lowest BCUT2D eigenvalue weighted by Crippen LogP contribution is -2.28. The van der Waals surface area contributed by atoms with Crippen LogP contribution in [0.15, 0.2) is 12.1 Å². The smallest absolute Gasteiger partial charge is 0.224 e. The summed E-state index contributed by atoms with van der Waals surface area (Å²) in [6.07, 6.45) is 2.48. The van der Waals surface area contributed by atoms with Gasteiger partial charge in [0, 0.05) is 35.7 Å². The average Bonchev–Trinajstić information content (AvgIpc) is 2.59. The third-order valence-electron chi connectivity index (χ3n) is 4.33. The first-order chi connectivity index (χ1) is 9.94. The molecule has 0 aromatic heterocycles. The van der Waals surface area contributed by atoms with E-state index in [2.05, 4.69) is 30.1 Å². The monoisotopic (exact) mass is 305 g/mol. The van der Waals surface area contributed by atoms with Crippen molar-refractivity contribution in [3.05, 3.63) is 17.7 Å². The number of aryl methyl sites for hydroxylation is 1. The molecule has 5 heteroatoms. The predicted octanol–water partition coefficient (Wildman–Crippen LogP) is 2.88. The van der Waals surface area contributed by atoms with Gasteiger partial charge in [0.2, 0.25) is 5.91 Å². The number of anilines is 3. The Labute approximate surface area is 130 Å². The van der Waals surface area contributed by atoms with E-state index in [0.29, 0.717) is 11.2 Å². The van der Waals surface area contributed by atoms with E-state index in [9.17, 15) is 4.79 Å². The maximum absolute atomic E-state index is 11.6. The summed E-state index contributed by atoms with van der Waals surface area (Å²) in [5, 5.41) is 2.97. The number of fused-ring (bicyclic) bond motifs is 1. The number of benzene rings is 1. The van der Waals surface area contributed by atoms with Gasteiger partial charge in [-0.2, -0.15) is 11.8 Å². The second-order valence-electron chi connectivity index (χ2n) is 6.46. The lowest BCUT2D eigenvalue weighted by Gasteiger charge is -2.27. The molecular formula is C16H23N3OS. The summed E-state index contributed by atoms with van der Waals surface area (Å²) in [6, 6.07) is 4.10. The fourth-order valence-electron chi connectivity index (χ4n) is 2.97. The topological polar surface area (TPSA) is 58.4 Å². The van der Waals surface area contributed by atoms with Gasteiger partial charge in [0.1, 0.15) is 0 Å². The lowest BCUT2D eigenvalue weighted by atomic mass is 10.0. The summed E-state index contributed by atoms with van der Waals surface area (Å²) in [6.45, 7) is 6.62. The van der Waals surface area contributed by atoms with Crippen molar-refractivity contribution < 1.29 is 4.79 Å². The summed E-state index contributed by atoms with van der Waals surface area (Å²) in [7, 11) is 0. The minimum Gasteiger partial charge on any atom is -0.397 e. The highest BCUT2D eigenvalue weighted by atomic mass is 32.2. The average molecular weight is 305 g/mol. The molecule has 0 radical (unpaired) electrons. The molecule has 2 aliphatic heterocycles. The maximum Gasteiger partial charge on any atom is 0.224 e. The number of nitrogen functional groups attached to an aromatic ring is 1. The molecular weight excluding hydrogens is 282 g/mol. The standard InChI is InChI=1S/C16H23N3OS/c1-16(2)5-6-19(7-8-21-16)14-10-13-11(9-12(14)17)3-4-15(20)18-13/h9-10H,3-8,17H2,1-2H3,(H,18,20). The first kappa shape index (κ1) is 14.6. The Hall–Kier alpha value is -1.36. The number of nitrogens with one attached hydrogen (secondary N) is 1. The van der Waals surface area contributed by atoms with Crippen LogP contribution in [0.4, 0.5) is 17.1 Å². The van der Waals surface area contributed by atoms with Crippen LogP contribution in [0.1, 0.15) is 32.3 Å². The molecule has 3 N–H and O–H groups in total. The highest BCUT2D eigenvalue weighted by Crippen LogP contribution is 2.37. The van der Waals surface area contributed by atoms with Gasteiger partial charge in [-0.05, 0) is 30.5 Å². The summed E-state index contributed by atoms with van der Waals surface area (Å²) >= 11 is 2.02. The summed E-state index contributed by atoms with van der Waals surface area (Å²) < 4.78 is 0.325. The Balaban J connectivity index is 1.88. The van der Waals surface area contributed by atoms with Crippen LogP contribution in [0.2, 0.25) is 0 Å². The van der Waals surface area contributed by atoms with Gasteiger partial charge >= 0.3 is 0 Å². The molecule has 1 aromatic carbocycles. The first-order valence-corrected chi connectivity index (χ1v) is 8.54. The Morgan fingerprint density at radius 1 is 1.29 bits per heavy atom. The third kappa shape index (κ3) is 3.12. The van der Waals surface area contributed by atoms with Crippen LogP contribution >= 0.6 is 11.8 Å². The van der Waals surface area contributed by atoms with E-state index in [1.165, 1.54) is 0 Å². The predicted molar refractivity (Wildman–Crippen MR) is 91.2 cm³/mol. The molecule has 1 fully saturated rings. The molecule has 114 valence electrons. The van der Waals surface area contributed by atoms with E-state index in [1.54, 1.807) is 0 Å². The Kier molecular flexibility index (Phi) is 3.78. The van der Waals surface area contributed by atoms with Gasteiger partial charge in [0.25, 0.3) is 0 Å². The van der Waals surface area contributed by atoms with Crippen molar-refractivity contribution in [2.45, 2.75) is 37.9 Å². The van der Waals surface area contributed by atoms with Crippen LogP contribution < -0.4 is 16.0 Å². The van der Waals surface area contributed by atoms with Crippen LogP contribution in [0.5, 0.6) is 0 Å². The van der Waals surface area contributed by atoms with Crippen LogP contribution in [-0.4, -0.2) is 29.5 Å². The SMILES string of the molecule is CC1(C)CCN(c2cc3c(cc2N)CCC(=O)N3)CCS1. The Morgan fingerprint density at radius 2 is 2.10 bits per heavy atom. The third-order valence-corrected chi connectivity index (χ3v) is 5.70. The summed E-state index contributed by atoms with van der Waals surface area (Å²) in [5.41, 5.74) is 10.2. The molecule has 0 atom stereocenters. The lowest BCUT2D eigenvalue weighted by molar-refractivity contribution is -0.116. The molecule has 4 nitrogen and oxygen atoms in total. The van der Waals surface area contributed by atoms with Crippen molar-refractivity contribution in [3.8, 4) is 0 Å². The van der Waals surface area contributed by atoms with Gasteiger partial charge in [-0.15, -0.1) is 0 Å². The van der Waals surface area contributed by atoms with E-state index in [1.807, 2.05) is 17.8 Å². The number of hydrogen-bond donors (Lipinski definition) is 2. The number of nitrogens with two attached hydrogens (primary N) is 1. The van der Waals surface area contributed by atoms with Gasteiger partial charge in [-0.3, -0.25) is 4.79 Å². The van der Waals surface area contributed by atoms with Crippen LogP contribution in [0, 0.1) is 0 Å². The second-order valence-corrected chi connectivity index (χ2v) is 8.26. The number of nitrogens with zero attached hydrogens (tertiary/aromatic N) is 1. The molecule has 0 unspecified atom stereocenters. The van der Waals surface area contributed by atoms with Crippen molar-refractivity contribution in [1.82, 2.24) is 0 Å². The van der Waals surface area contributed by atoms with Gasteiger partial charge in [0.05, 0.1) is 11.4 Å².